The Morgan fingerprint density at radius 2 is 0.800 bits per heavy atom. The van der Waals surface area contributed by atoms with Crippen LogP contribution in [0.5, 0.6) is 0 Å². The van der Waals surface area contributed by atoms with Gasteiger partial charge in [0.25, 0.3) is 0 Å². The smallest absolute Gasteiger partial charge is 0 e. The summed E-state index contributed by atoms with van der Waals surface area (Å²) in [5.41, 5.74) is 2.64. The van der Waals surface area contributed by atoms with E-state index in [4.69, 9.17) is 0 Å². The van der Waals surface area contributed by atoms with Crippen LogP contribution in [-0.4, -0.2) is 0 Å². The van der Waals surface area contributed by atoms with Crippen LogP contribution in [0.3, 0.4) is 0 Å². The van der Waals surface area contributed by atoms with E-state index in [0.29, 0.717) is 0 Å². The Hall–Kier alpha value is -1.03. The van der Waals surface area contributed by atoms with Crippen LogP contribution in [0.25, 0.3) is 0 Å². The Kier molecular flexibility index (Phi) is 7.73. The molecule has 0 fully saturated rings. The molecule has 1 heteroatoms. The third-order valence-corrected chi connectivity index (χ3v) is 1.88. The summed E-state index contributed by atoms with van der Waals surface area (Å²) in [5.74, 6) is 0. The van der Waals surface area contributed by atoms with Gasteiger partial charge in [0, 0.05) is 17.4 Å². The first-order valence-corrected chi connectivity index (χ1v) is 4.82. The second kappa shape index (κ2) is 8.29. The van der Waals surface area contributed by atoms with Crippen LogP contribution in [0.4, 0.5) is 0 Å². The van der Waals surface area contributed by atoms with Crippen molar-refractivity contribution in [1.29, 1.82) is 0 Å². The van der Waals surface area contributed by atoms with Crippen LogP contribution >= 0.6 is 0 Å². The van der Waals surface area contributed by atoms with Gasteiger partial charge < -0.3 is 0 Å². The zero-order valence-electron chi connectivity index (χ0n) is 9.18. The average molecular weight is 236 g/mol. The van der Waals surface area contributed by atoms with Gasteiger partial charge in [0.1, 0.15) is 0 Å². The van der Waals surface area contributed by atoms with E-state index in [9.17, 15) is 0 Å². The van der Waals surface area contributed by atoms with Crippen LogP contribution in [-0.2, 0) is 17.4 Å². The molecule has 0 saturated carbocycles. The van der Waals surface area contributed by atoms with Gasteiger partial charge in [-0.1, -0.05) is 71.8 Å². The summed E-state index contributed by atoms with van der Waals surface area (Å²) < 4.78 is 0. The van der Waals surface area contributed by atoms with E-state index in [1.54, 1.807) is 0 Å². The van der Waals surface area contributed by atoms with E-state index in [-0.39, 0.29) is 17.4 Å². The molecule has 0 bridgehead atoms. The molecular weight excluding hydrogens is 220 g/mol. The first kappa shape index (κ1) is 14.0. The summed E-state index contributed by atoms with van der Waals surface area (Å²) in [5, 5.41) is 0. The summed E-state index contributed by atoms with van der Waals surface area (Å²) in [6.07, 6.45) is 0. The predicted molar refractivity (Wildman–Crippen MR) is 62.4 cm³/mol. The molecule has 0 unspecified atom stereocenters. The number of benzene rings is 2. The summed E-state index contributed by atoms with van der Waals surface area (Å²) in [6, 6.07) is 20.5. The maximum Gasteiger partial charge on any atom is 0 e. The average Bonchev–Trinajstić information content (AvgIpc) is 2.21. The van der Waals surface area contributed by atoms with Crippen molar-refractivity contribution in [3.63, 3.8) is 0 Å². The van der Waals surface area contributed by atoms with Crippen molar-refractivity contribution < 1.29 is 17.4 Å². The normalized spacial score (nSPS) is 8.13. The van der Waals surface area contributed by atoms with Crippen LogP contribution in [0.1, 0.15) is 11.1 Å². The van der Waals surface area contributed by atoms with Gasteiger partial charge in [-0.05, 0) is 13.8 Å². The minimum Gasteiger partial charge on any atom is -0.0622 e. The van der Waals surface area contributed by atoms with Gasteiger partial charge in [0.05, 0.1) is 0 Å². The van der Waals surface area contributed by atoms with Crippen LogP contribution in [0.15, 0.2) is 60.7 Å². The van der Waals surface area contributed by atoms with E-state index in [1.807, 2.05) is 36.4 Å². The summed E-state index contributed by atoms with van der Waals surface area (Å²) in [6.45, 7) is 4.17. The van der Waals surface area contributed by atoms with E-state index in [1.165, 1.54) is 11.1 Å². The molecule has 0 aromatic heterocycles. The minimum atomic E-state index is 0. The second-order valence-corrected chi connectivity index (χ2v) is 3.31. The number of aryl methyl sites for hydroxylation is 2. The van der Waals surface area contributed by atoms with Crippen molar-refractivity contribution in [2.24, 2.45) is 0 Å². The molecule has 0 aliphatic rings. The molecule has 0 atom stereocenters. The van der Waals surface area contributed by atoms with E-state index < -0.39 is 0 Å². The maximum atomic E-state index is 2.08. The fraction of sp³-hybridized carbons (Fsp3) is 0.143. The molecule has 0 N–H and O–H groups in total. The van der Waals surface area contributed by atoms with Gasteiger partial charge >= 0.3 is 0 Å². The zero-order valence-corrected chi connectivity index (χ0v) is 10.5. The van der Waals surface area contributed by atoms with Crippen molar-refractivity contribution in [1.82, 2.24) is 0 Å². The van der Waals surface area contributed by atoms with Crippen LogP contribution in [0.2, 0.25) is 0 Å². The molecule has 0 radical (unpaired) electrons. The van der Waals surface area contributed by atoms with E-state index >= 15 is 0 Å². The quantitative estimate of drug-likeness (QED) is 0.649. The Labute approximate surface area is 103 Å². The van der Waals surface area contributed by atoms with Crippen molar-refractivity contribution in [2.45, 2.75) is 13.8 Å². The summed E-state index contributed by atoms with van der Waals surface area (Å²) >= 11 is 0. The third-order valence-electron chi connectivity index (χ3n) is 1.88. The fourth-order valence-electron chi connectivity index (χ4n) is 1.07. The van der Waals surface area contributed by atoms with Gasteiger partial charge in [-0.3, -0.25) is 0 Å². The minimum absolute atomic E-state index is 0. The molecule has 0 aliphatic carbocycles. The van der Waals surface area contributed by atoms with Gasteiger partial charge in [0.15, 0.2) is 0 Å². The number of rotatable bonds is 0. The molecule has 2 aromatic carbocycles. The monoisotopic (exact) mass is 236 g/mol. The summed E-state index contributed by atoms with van der Waals surface area (Å²) in [4.78, 5) is 0. The van der Waals surface area contributed by atoms with E-state index in [0.717, 1.165) is 0 Å². The molecule has 0 nitrogen and oxygen atoms in total. The van der Waals surface area contributed by atoms with Crippen LogP contribution < -0.4 is 0 Å². The largest absolute Gasteiger partial charge is 0.0622 e. The van der Waals surface area contributed by atoms with Crippen molar-refractivity contribution in [3.8, 4) is 0 Å². The van der Waals surface area contributed by atoms with Crippen molar-refractivity contribution >= 4 is 0 Å². The molecule has 0 spiro atoms. The molecule has 0 saturated heterocycles. The zero-order chi connectivity index (χ0) is 10.2. The van der Waals surface area contributed by atoms with Gasteiger partial charge in [-0.25, -0.2) is 0 Å². The Balaban J connectivity index is 0.000000245. The third kappa shape index (κ3) is 6.97. The molecule has 2 aromatic rings. The Morgan fingerprint density at radius 1 is 0.533 bits per heavy atom. The van der Waals surface area contributed by atoms with Gasteiger partial charge in [-0.15, -0.1) is 0 Å². The molecule has 0 heterocycles. The molecular formula is C14H16Cr. The molecule has 78 valence electrons. The van der Waals surface area contributed by atoms with Crippen molar-refractivity contribution in [3.05, 3.63) is 71.8 Å². The number of hydrogen-bond acceptors (Lipinski definition) is 0. The van der Waals surface area contributed by atoms with Gasteiger partial charge in [-0.2, -0.15) is 0 Å². The molecule has 0 amide bonds. The van der Waals surface area contributed by atoms with Gasteiger partial charge in [0.2, 0.25) is 0 Å². The first-order valence-electron chi connectivity index (χ1n) is 4.82. The maximum absolute atomic E-state index is 2.08. The molecule has 0 aliphatic heterocycles. The van der Waals surface area contributed by atoms with Crippen LogP contribution in [0, 0.1) is 13.8 Å². The fourth-order valence-corrected chi connectivity index (χ4v) is 1.07. The molecule has 2 rings (SSSR count). The standard InChI is InChI=1S/2C7H8.Cr/c2*1-7-5-3-2-4-6-7;/h2*2-6H,1H3;. The molecule has 15 heavy (non-hydrogen) atoms. The predicted octanol–water partition coefficient (Wildman–Crippen LogP) is 3.99. The SMILES string of the molecule is Cc1ccccc1.Cc1ccccc1.[Cr]. The van der Waals surface area contributed by atoms with E-state index in [2.05, 4.69) is 38.1 Å². The number of hydrogen-bond donors (Lipinski definition) is 0. The summed E-state index contributed by atoms with van der Waals surface area (Å²) in [7, 11) is 0. The Morgan fingerprint density at radius 3 is 0.933 bits per heavy atom. The van der Waals surface area contributed by atoms with Crippen molar-refractivity contribution in [2.75, 3.05) is 0 Å². The second-order valence-electron chi connectivity index (χ2n) is 3.31. The Bertz CT molecular complexity index is 303. The first-order chi connectivity index (χ1) is 6.79. The topological polar surface area (TPSA) is 0 Å².